The van der Waals surface area contributed by atoms with Gasteiger partial charge in [0.25, 0.3) is 0 Å². The molecule has 0 unspecified atom stereocenters. The monoisotopic (exact) mass is 408 g/mol. The maximum atomic E-state index is 12.8. The number of ether oxygens (including phenoxy) is 1. The van der Waals surface area contributed by atoms with Gasteiger partial charge >= 0.3 is 0 Å². The lowest BCUT2D eigenvalue weighted by molar-refractivity contribution is -0.115. The third kappa shape index (κ3) is 4.68. The molecule has 1 saturated heterocycles. The predicted molar refractivity (Wildman–Crippen MR) is 105 cm³/mol. The van der Waals surface area contributed by atoms with Gasteiger partial charge in [-0.25, -0.2) is 8.42 Å². The standard InChI is InChI=1S/C19H21ClN2O4S/c1-14-6-7-16(27(24,25)22-8-10-26-11-9-22)13-18(14)21-19(23)12-15-4-2-3-5-17(15)20/h2-7,13H,8-12H2,1H3,(H,21,23). The van der Waals surface area contributed by atoms with Gasteiger partial charge < -0.3 is 10.1 Å². The molecule has 8 heteroatoms. The summed E-state index contributed by atoms with van der Waals surface area (Å²) in [5.41, 5.74) is 1.97. The van der Waals surface area contributed by atoms with Gasteiger partial charge in [0, 0.05) is 23.8 Å². The van der Waals surface area contributed by atoms with Gasteiger partial charge in [-0.2, -0.15) is 4.31 Å². The zero-order valence-corrected chi connectivity index (χ0v) is 16.5. The van der Waals surface area contributed by atoms with Crippen molar-refractivity contribution in [2.75, 3.05) is 31.6 Å². The molecule has 0 aliphatic carbocycles. The number of aryl methyl sites for hydroxylation is 1. The zero-order valence-electron chi connectivity index (χ0n) is 14.9. The molecule has 1 fully saturated rings. The lowest BCUT2D eigenvalue weighted by Crippen LogP contribution is -2.40. The summed E-state index contributed by atoms with van der Waals surface area (Å²) in [5.74, 6) is -0.257. The summed E-state index contributed by atoms with van der Waals surface area (Å²) in [7, 11) is -3.62. The highest BCUT2D eigenvalue weighted by Crippen LogP contribution is 2.24. The number of nitrogens with zero attached hydrogens (tertiary/aromatic N) is 1. The van der Waals surface area contributed by atoms with Crippen LogP contribution in [0, 0.1) is 6.92 Å². The first kappa shape index (κ1) is 19.8. The predicted octanol–water partition coefficient (Wildman–Crippen LogP) is 2.85. The van der Waals surface area contributed by atoms with E-state index in [-0.39, 0.29) is 17.2 Å². The summed E-state index contributed by atoms with van der Waals surface area (Å²) in [6, 6.07) is 11.9. The highest BCUT2D eigenvalue weighted by molar-refractivity contribution is 7.89. The van der Waals surface area contributed by atoms with E-state index in [1.807, 2.05) is 13.0 Å². The van der Waals surface area contributed by atoms with Gasteiger partial charge in [0.05, 0.1) is 24.5 Å². The van der Waals surface area contributed by atoms with Crippen molar-refractivity contribution in [1.29, 1.82) is 0 Å². The molecule has 0 saturated carbocycles. The van der Waals surface area contributed by atoms with Crippen LogP contribution in [-0.2, 0) is 26.0 Å². The molecule has 1 aliphatic heterocycles. The molecule has 0 spiro atoms. The average molecular weight is 409 g/mol. The summed E-state index contributed by atoms with van der Waals surface area (Å²) >= 11 is 6.10. The van der Waals surface area contributed by atoms with Crippen LogP contribution in [0.1, 0.15) is 11.1 Å². The Balaban J connectivity index is 1.79. The number of anilines is 1. The van der Waals surface area contributed by atoms with Crippen LogP contribution in [-0.4, -0.2) is 44.9 Å². The number of carbonyl (C=O) groups is 1. The van der Waals surface area contributed by atoms with Gasteiger partial charge in [0.1, 0.15) is 0 Å². The molecule has 0 atom stereocenters. The molecule has 2 aromatic rings. The van der Waals surface area contributed by atoms with Gasteiger partial charge in [-0.15, -0.1) is 0 Å². The number of benzene rings is 2. The number of amides is 1. The molecular weight excluding hydrogens is 388 g/mol. The highest BCUT2D eigenvalue weighted by atomic mass is 35.5. The molecule has 0 radical (unpaired) electrons. The van der Waals surface area contributed by atoms with Crippen LogP contribution in [0.5, 0.6) is 0 Å². The van der Waals surface area contributed by atoms with Crippen molar-refractivity contribution in [2.24, 2.45) is 0 Å². The minimum Gasteiger partial charge on any atom is -0.379 e. The van der Waals surface area contributed by atoms with Gasteiger partial charge in [0.15, 0.2) is 0 Å². The van der Waals surface area contributed by atoms with Gasteiger partial charge in [0.2, 0.25) is 15.9 Å². The summed E-state index contributed by atoms with van der Waals surface area (Å²) in [6.07, 6.45) is 0.111. The first-order valence-corrected chi connectivity index (χ1v) is 10.4. The normalized spacial score (nSPS) is 15.5. The molecule has 1 amide bonds. The van der Waals surface area contributed by atoms with Crippen LogP contribution in [0.2, 0.25) is 5.02 Å². The Kier molecular flexibility index (Phi) is 6.16. The molecule has 1 N–H and O–H groups in total. The van der Waals surface area contributed by atoms with E-state index < -0.39 is 10.0 Å². The molecule has 0 aromatic heterocycles. The van der Waals surface area contributed by atoms with Crippen LogP contribution in [0.3, 0.4) is 0 Å². The van der Waals surface area contributed by atoms with E-state index in [0.29, 0.717) is 42.6 Å². The van der Waals surface area contributed by atoms with E-state index in [2.05, 4.69) is 5.32 Å². The highest BCUT2D eigenvalue weighted by Gasteiger charge is 2.26. The number of hydrogen-bond donors (Lipinski definition) is 1. The molecule has 1 aliphatic rings. The molecule has 144 valence electrons. The maximum absolute atomic E-state index is 12.8. The topological polar surface area (TPSA) is 75.7 Å². The van der Waals surface area contributed by atoms with Crippen molar-refractivity contribution >= 4 is 33.2 Å². The summed E-state index contributed by atoms with van der Waals surface area (Å²) in [4.78, 5) is 12.6. The fraction of sp³-hybridized carbons (Fsp3) is 0.316. The van der Waals surface area contributed by atoms with Crippen LogP contribution < -0.4 is 5.32 Å². The van der Waals surface area contributed by atoms with Gasteiger partial charge in [-0.05, 0) is 36.2 Å². The minimum absolute atomic E-state index is 0.111. The van der Waals surface area contributed by atoms with E-state index in [9.17, 15) is 13.2 Å². The molecule has 0 bridgehead atoms. The number of morpholine rings is 1. The Morgan fingerprint density at radius 1 is 1.19 bits per heavy atom. The van der Waals surface area contributed by atoms with Crippen LogP contribution in [0.25, 0.3) is 0 Å². The molecular formula is C19H21ClN2O4S. The number of carbonyl (C=O) groups excluding carboxylic acids is 1. The second-order valence-corrected chi connectivity index (χ2v) is 8.65. The zero-order chi connectivity index (χ0) is 19.4. The number of halogens is 1. The summed E-state index contributed by atoms with van der Waals surface area (Å²) < 4.78 is 32.2. The average Bonchev–Trinajstić information content (AvgIpc) is 2.66. The Hall–Kier alpha value is -1.93. The lowest BCUT2D eigenvalue weighted by atomic mass is 10.1. The summed E-state index contributed by atoms with van der Waals surface area (Å²) in [6.45, 7) is 3.23. The molecule has 3 rings (SSSR count). The lowest BCUT2D eigenvalue weighted by Gasteiger charge is -2.26. The van der Waals surface area contributed by atoms with E-state index in [0.717, 1.165) is 5.56 Å². The van der Waals surface area contributed by atoms with E-state index in [4.69, 9.17) is 16.3 Å². The molecule has 2 aromatic carbocycles. The van der Waals surface area contributed by atoms with Crippen molar-refractivity contribution in [3.05, 3.63) is 58.6 Å². The fourth-order valence-electron chi connectivity index (χ4n) is 2.84. The first-order chi connectivity index (χ1) is 12.9. The van der Waals surface area contributed by atoms with Crippen LogP contribution in [0.15, 0.2) is 47.4 Å². The second kappa shape index (κ2) is 8.39. The Morgan fingerprint density at radius 3 is 2.59 bits per heavy atom. The molecule has 6 nitrogen and oxygen atoms in total. The maximum Gasteiger partial charge on any atom is 0.243 e. The SMILES string of the molecule is Cc1ccc(S(=O)(=O)N2CCOCC2)cc1NC(=O)Cc1ccccc1Cl. The largest absolute Gasteiger partial charge is 0.379 e. The quantitative estimate of drug-likeness (QED) is 0.825. The van der Waals surface area contributed by atoms with Crippen molar-refractivity contribution in [3.8, 4) is 0 Å². The van der Waals surface area contributed by atoms with Crippen molar-refractivity contribution in [2.45, 2.75) is 18.2 Å². The Labute approximate surface area is 164 Å². The van der Waals surface area contributed by atoms with Crippen LogP contribution in [0.4, 0.5) is 5.69 Å². The van der Waals surface area contributed by atoms with Gasteiger partial charge in [-0.3, -0.25) is 4.79 Å². The third-order valence-electron chi connectivity index (χ3n) is 4.40. The Bertz CT molecular complexity index is 940. The second-order valence-electron chi connectivity index (χ2n) is 6.31. The van der Waals surface area contributed by atoms with E-state index in [1.54, 1.807) is 30.3 Å². The van der Waals surface area contributed by atoms with E-state index in [1.165, 1.54) is 10.4 Å². The number of hydrogen-bond acceptors (Lipinski definition) is 4. The fourth-order valence-corrected chi connectivity index (χ4v) is 4.48. The van der Waals surface area contributed by atoms with Crippen LogP contribution >= 0.6 is 11.6 Å². The minimum atomic E-state index is -3.62. The number of nitrogens with one attached hydrogen (secondary N) is 1. The van der Waals surface area contributed by atoms with E-state index >= 15 is 0 Å². The molecule has 27 heavy (non-hydrogen) atoms. The summed E-state index contributed by atoms with van der Waals surface area (Å²) in [5, 5.41) is 3.32. The number of sulfonamides is 1. The smallest absolute Gasteiger partial charge is 0.243 e. The first-order valence-electron chi connectivity index (χ1n) is 8.60. The molecule has 1 heterocycles. The van der Waals surface area contributed by atoms with Gasteiger partial charge in [-0.1, -0.05) is 35.9 Å². The van der Waals surface area contributed by atoms with Crippen molar-refractivity contribution in [3.63, 3.8) is 0 Å². The van der Waals surface area contributed by atoms with Crippen molar-refractivity contribution < 1.29 is 17.9 Å². The third-order valence-corrected chi connectivity index (χ3v) is 6.66. The van der Waals surface area contributed by atoms with Crippen molar-refractivity contribution in [1.82, 2.24) is 4.31 Å². The Morgan fingerprint density at radius 2 is 1.89 bits per heavy atom. The number of rotatable bonds is 5.